The lowest BCUT2D eigenvalue weighted by atomic mass is 10.0. The number of rotatable bonds is 4. The molecule has 0 saturated carbocycles. The zero-order valence-corrected chi connectivity index (χ0v) is 15.2. The van der Waals surface area contributed by atoms with Gasteiger partial charge in [-0.25, -0.2) is 4.98 Å². The van der Waals surface area contributed by atoms with Gasteiger partial charge >= 0.3 is 0 Å². The van der Waals surface area contributed by atoms with Crippen LogP contribution in [0.15, 0.2) is 48.7 Å². The van der Waals surface area contributed by atoms with Crippen LogP contribution in [0.2, 0.25) is 0 Å². The van der Waals surface area contributed by atoms with Crippen molar-refractivity contribution >= 4 is 16.8 Å². The second-order valence-corrected chi connectivity index (χ2v) is 6.66. The Balaban J connectivity index is 1.79. The summed E-state index contributed by atoms with van der Waals surface area (Å²) >= 11 is 0. The van der Waals surface area contributed by atoms with Crippen molar-refractivity contribution < 1.29 is 9.53 Å². The molecule has 1 aromatic carbocycles. The lowest BCUT2D eigenvalue weighted by Gasteiger charge is -2.37. The molecule has 1 aliphatic rings. The Morgan fingerprint density at radius 3 is 2.88 bits per heavy atom. The average molecular weight is 349 g/mol. The highest BCUT2D eigenvalue weighted by Crippen LogP contribution is 2.33. The third kappa shape index (κ3) is 2.73. The van der Waals surface area contributed by atoms with Crippen LogP contribution in [0.25, 0.3) is 10.9 Å². The fraction of sp³-hybridized carbons (Fsp3) is 0.333. The van der Waals surface area contributed by atoms with Crippen LogP contribution in [0.4, 0.5) is 0 Å². The molecule has 3 aromatic rings. The molecule has 0 radical (unpaired) electrons. The van der Waals surface area contributed by atoms with Gasteiger partial charge in [0.2, 0.25) is 5.88 Å². The predicted molar refractivity (Wildman–Crippen MR) is 101 cm³/mol. The quantitative estimate of drug-likeness (QED) is 0.714. The van der Waals surface area contributed by atoms with Crippen molar-refractivity contribution in [2.24, 2.45) is 0 Å². The van der Waals surface area contributed by atoms with E-state index >= 15 is 0 Å². The number of ether oxygens (including phenoxy) is 1. The Bertz CT molecular complexity index is 947. The number of hydrogen-bond donors (Lipinski definition) is 0. The molecule has 0 spiro atoms. The molecule has 2 aromatic heterocycles. The van der Waals surface area contributed by atoms with Crippen LogP contribution < -0.4 is 4.74 Å². The van der Waals surface area contributed by atoms with E-state index in [9.17, 15) is 4.79 Å². The fourth-order valence-electron chi connectivity index (χ4n) is 3.87. The summed E-state index contributed by atoms with van der Waals surface area (Å²) in [4.78, 5) is 20.0. The van der Waals surface area contributed by atoms with Gasteiger partial charge < -0.3 is 14.2 Å². The molecule has 0 N–H and O–H groups in total. The number of carbonyl (C=O) groups excluding carboxylic acids is 1. The van der Waals surface area contributed by atoms with Gasteiger partial charge in [-0.05, 0) is 24.6 Å². The van der Waals surface area contributed by atoms with Crippen LogP contribution in [-0.2, 0) is 6.54 Å². The van der Waals surface area contributed by atoms with Gasteiger partial charge in [-0.3, -0.25) is 4.79 Å². The summed E-state index contributed by atoms with van der Waals surface area (Å²) < 4.78 is 7.59. The number of amides is 1. The molecular formula is C21H23N3O2. The van der Waals surface area contributed by atoms with Gasteiger partial charge in [0.1, 0.15) is 0 Å². The van der Waals surface area contributed by atoms with E-state index in [4.69, 9.17) is 4.74 Å². The molecule has 0 bridgehead atoms. The maximum atomic E-state index is 13.5. The number of pyridine rings is 1. The number of methoxy groups -OCH3 is 1. The standard InChI is InChI=1S/C21H23N3O2/c1-3-7-19-18-10-6-11-23(18)12-13-24(19)21(25)16-14-20(26-2)22-17-9-5-4-8-15(16)17/h4-6,8-11,14,19H,3,7,12-13H2,1-2H3. The van der Waals surface area contributed by atoms with E-state index in [1.165, 1.54) is 5.69 Å². The van der Waals surface area contributed by atoms with Crippen molar-refractivity contribution in [3.05, 3.63) is 59.9 Å². The third-order valence-electron chi connectivity index (χ3n) is 5.12. The van der Waals surface area contributed by atoms with Crippen LogP contribution in [0, 0.1) is 0 Å². The first-order chi connectivity index (χ1) is 12.7. The molecule has 0 aliphatic carbocycles. The van der Waals surface area contributed by atoms with E-state index in [0.717, 1.165) is 30.3 Å². The van der Waals surface area contributed by atoms with E-state index in [1.807, 2.05) is 29.2 Å². The van der Waals surface area contributed by atoms with Gasteiger partial charge in [0.05, 0.1) is 24.2 Å². The number of aromatic nitrogens is 2. The monoisotopic (exact) mass is 349 g/mol. The summed E-state index contributed by atoms with van der Waals surface area (Å²) in [6, 6.07) is 13.8. The lowest BCUT2D eigenvalue weighted by molar-refractivity contribution is 0.0612. The fourth-order valence-corrected chi connectivity index (χ4v) is 3.87. The SMILES string of the molecule is CCCC1c2cccn2CCN1C(=O)c1cc(OC)nc2ccccc12. The first kappa shape index (κ1) is 16.6. The Hall–Kier alpha value is -2.82. The number of carbonyl (C=O) groups is 1. The molecule has 1 atom stereocenters. The van der Waals surface area contributed by atoms with Crippen molar-refractivity contribution in [1.29, 1.82) is 0 Å². The number of fused-ring (bicyclic) bond motifs is 2. The van der Waals surface area contributed by atoms with Crippen LogP contribution >= 0.6 is 0 Å². The van der Waals surface area contributed by atoms with Crippen molar-refractivity contribution in [2.45, 2.75) is 32.4 Å². The summed E-state index contributed by atoms with van der Waals surface area (Å²) in [6.45, 7) is 3.70. The van der Waals surface area contributed by atoms with Crippen molar-refractivity contribution in [1.82, 2.24) is 14.5 Å². The van der Waals surface area contributed by atoms with Crippen molar-refractivity contribution in [3.8, 4) is 5.88 Å². The second-order valence-electron chi connectivity index (χ2n) is 6.66. The summed E-state index contributed by atoms with van der Waals surface area (Å²) in [6.07, 6.45) is 4.08. The molecule has 1 amide bonds. The molecule has 5 heteroatoms. The van der Waals surface area contributed by atoms with Gasteiger partial charge in [0, 0.05) is 36.4 Å². The lowest BCUT2D eigenvalue weighted by Crippen LogP contribution is -2.42. The molecule has 1 unspecified atom stereocenters. The second kappa shape index (κ2) is 6.83. The van der Waals surface area contributed by atoms with E-state index < -0.39 is 0 Å². The molecule has 26 heavy (non-hydrogen) atoms. The minimum Gasteiger partial charge on any atom is -0.481 e. The molecule has 134 valence electrons. The molecule has 0 fully saturated rings. The summed E-state index contributed by atoms with van der Waals surface area (Å²) in [7, 11) is 1.58. The van der Waals surface area contributed by atoms with Crippen LogP contribution in [-0.4, -0.2) is 34.0 Å². The van der Waals surface area contributed by atoms with Gasteiger partial charge in [0.15, 0.2) is 0 Å². The number of hydrogen-bond acceptors (Lipinski definition) is 3. The highest BCUT2D eigenvalue weighted by Gasteiger charge is 2.31. The normalized spacial score (nSPS) is 16.5. The molecule has 4 rings (SSSR count). The Morgan fingerprint density at radius 1 is 1.23 bits per heavy atom. The topological polar surface area (TPSA) is 47.4 Å². The van der Waals surface area contributed by atoms with Crippen molar-refractivity contribution in [3.63, 3.8) is 0 Å². The number of para-hydroxylation sites is 1. The van der Waals surface area contributed by atoms with E-state index in [-0.39, 0.29) is 11.9 Å². The summed E-state index contributed by atoms with van der Waals surface area (Å²) in [5.41, 5.74) is 2.66. The molecule has 5 nitrogen and oxygen atoms in total. The Kier molecular flexibility index (Phi) is 4.37. The molecule has 3 heterocycles. The first-order valence-electron chi connectivity index (χ1n) is 9.12. The minimum atomic E-state index is 0.0489. The first-order valence-corrected chi connectivity index (χ1v) is 9.12. The average Bonchev–Trinajstić information content (AvgIpc) is 3.16. The zero-order valence-electron chi connectivity index (χ0n) is 15.2. The van der Waals surface area contributed by atoms with E-state index in [2.05, 4.69) is 34.8 Å². The molecule has 0 saturated heterocycles. The van der Waals surface area contributed by atoms with Crippen molar-refractivity contribution in [2.75, 3.05) is 13.7 Å². The van der Waals surface area contributed by atoms with Crippen LogP contribution in [0.5, 0.6) is 5.88 Å². The van der Waals surface area contributed by atoms with Gasteiger partial charge in [-0.2, -0.15) is 0 Å². The highest BCUT2D eigenvalue weighted by atomic mass is 16.5. The van der Waals surface area contributed by atoms with E-state index in [0.29, 0.717) is 18.0 Å². The minimum absolute atomic E-state index is 0.0489. The molecular weight excluding hydrogens is 326 g/mol. The van der Waals surface area contributed by atoms with Gasteiger partial charge in [0.25, 0.3) is 5.91 Å². The van der Waals surface area contributed by atoms with Crippen LogP contribution in [0.1, 0.15) is 41.9 Å². The summed E-state index contributed by atoms with van der Waals surface area (Å²) in [5, 5.41) is 0.870. The van der Waals surface area contributed by atoms with Crippen LogP contribution in [0.3, 0.4) is 0 Å². The third-order valence-corrected chi connectivity index (χ3v) is 5.12. The predicted octanol–water partition coefficient (Wildman–Crippen LogP) is 4.04. The Labute approximate surface area is 153 Å². The maximum Gasteiger partial charge on any atom is 0.255 e. The van der Waals surface area contributed by atoms with Gasteiger partial charge in [-0.15, -0.1) is 0 Å². The van der Waals surface area contributed by atoms with E-state index in [1.54, 1.807) is 13.2 Å². The largest absolute Gasteiger partial charge is 0.481 e. The summed E-state index contributed by atoms with van der Waals surface area (Å²) in [5.74, 6) is 0.521. The Morgan fingerprint density at radius 2 is 2.08 bits per heavy atom. The van der Waals surface area contributed by atoms with Gasteiger partial charge in [-0.1, -0.05) is 31.5 Å². The molecule has 1 aliphatic heterocycles. The highest BCUT2D eigenvalue weighted by molar-refractivity contribution is 6.06. The number of benzene rings is 1. The zero-order chi connectivity index (χ0) is 18.1. The maximum absolute atomic E-state index is 13.5. The smallest absolute Gasteiger partial charge is 0.255 e. The number of nitrogens with zero attached hydrogens (tertiary/aromatic N) is 3.